The van der Waals surface area contributed by atoms with E-state index in [4.69, 9.17) is 11.6 Å². The van der Waals surface area contributed by atoms with Gasteiger partial charge in [-0.25, -0.2) is 4.98 Å². The third-order valence-electron chi connectivity index (χ3n) is 1.73. The highest BCUT2D eigenvalue weighted by atomic mass is 35.5. The van der Waals surface area contributed by atoms with Crippen LogP contribution in [0.15, 0.2) is 30.6 Å². The highest BCUT2D eigenvalue weighted by molar-refractivity contribution is 6.29. The summed E-state index contributed by atoms with van der Waals surface area (Å²) in [5.41, 5.74) is 0.976. The van der Waals surface area contributed by atoms with Crippen molar-refractivity contribution in [3.05, 3.63) is 41.4 Å². The van der Waals surface area contributed by atoms with Crippen molar-refractivity contribution in [1.29, 1.82) is 0 Å². The van der Waals surface area contributed by atoms with E-state index < -0.39 is 0 Å². The number of nitrogens with zero attached hydrogens (tertiary/aromatic N) is 2. The van der Waals surface area contributed by atoms with Crippen LogP contribution in [-0.4, -0.2) is 21.1 Å². The molecule has 0 unspecified atom stereocenters. The summed E-state index contributed by atoms with van der Waals surface area (Å²) < 4.78 is 0. The van der Waals surface area contributed by atoms with Gasteiger partial charge in [-0.05, 0) is 18.2 Å². The number of carbonyl (C=O) groups is 1. The number of aromatic nitrogens is 3. The van der Waals surface area contributed by atoms with E-state index in [-0.39, 0.29) is 5.91 Å². The number of nitrogens with one attached hydrogen (secondary N) is 2. The van der Waals surface area contributed by atoms with Gasteiger partial charge in [0.2, 0.25) is 0 Å². The van der Waals surface area contributed by atoms with Gasteiger partial charge in [0, 0.05) is 6.20 Å². The van der Waals surface area contributed by atoms with Gasteiger partial charge >= 0.3 is 0 Å². The number of hydrogen-bond acceptors (Lipinski definition) is 3. The first-order valence-corrected chi connectivity index (χ1v) is 4.56. The summed E-state index contributed by atoms with van der Waals surface area (Å²) in [6.45, 7) is 0. The number of hydrogen-bond donors (Lipinski definition) is 2. The molecule has 2 heterocycles. The average molecular weight is 223 g/mol. The first-order valence-electron chi connectivity index (χ1n) is 4.18. The van der Waals surface area contributed by atoms with Crippen LogP contribution in [0.1, 0.15) is 10.5 Å². The Bertz CT molecular complexity index is 451. The number of pyridine rings is 1. The van der Waals surface area contributed by atoms with E-state index in [1.807, 2.05) is 0 Å². The van der Waals surface area contributed by atoms with Gasteiger partial charge in [0.25, 0.3) is 5.91 Å². The lowest BCUT2D eigenvalue weighted by Crippen LogP contribution is -2.12. The van der Waals surface area contributed by atoms with E-state index >= 15 is 0 Å². The molecule has 0 saturated carbocycles. The second-order valence-corrected chi connectivity index (χ2v) is 3.18. The molecule has 0 saturated heterocycles. The lowest BCUT2D eigenvalue weighted by atomic mass is 10.3. The molecule has 0 aliphatic rings. The molecule has 2 aromatic rings. The number of anilines is 1. The molecule has 5 nitrogen and oxygen atoms in total. The summed E-state index contributed by atoms with van der Waals surface area (Å²) in [6.07, 6.45) is 2.99. The van der Waals surface area contributed by atoms with Gasteiger partial charge in [0.15, 0.2) is 0 Å². The molecular weight excluding hydrogens is 216 g/mol. The van der Waals surface area contributed by atoms with E-state index in [9.17, 15) is 4.79 Å². The molecule has 0 aliphatic heterocycles. The Kier molecular flexibility index (Phi) is 2.64. The Morgan fingerprint density at radius 1 is 1.40 bits per heavy atom. The van der Waals surface area contributed by atoms with Crippen molar-refractivity contribution in [3.8, 4) is 0 Å². The van der Waals surface area contributed by atoms with Crippen molar-refractivity contribution in [2.45, 2.75) is 0 Å². The maximum Gasteiger partial charge on any atom is 0.273 e. The minimum atomic E-state index is -0.267. The fourth-order valence-corrected chi connectivity index (χ4v) is 1.14. The van der Waals surface area contributed by atoms with E-state index in [0.29, 0.717) is 16.5 Å². The largest absolute Gasteiger partial charge is 0.319 e. The summed E-state index contributed by atoms with van der Waals surface area (Å²) >= 11 is 5.61. The molecular formula is C9H7ClN4O. The quantitative estimate of drug-likeness (QED) is 0.760. The van der Waals surface area contributed by atoms with E-state index in [1.54, 1.807) is 18.2 Å². The normalized spacial score (nSPS) is 9.93. The van der Waals surface area contributed by atoms with Crippen LogP contribution in [0.2, 0.25) is 5.15 Å². The maximum absolute atomic E-state index is 11.5. The smallest absolute Gasteiger partial charge is 0.273 e. The maximum atomic E-state index is 11.5. The van der Waals surface area contributed by atoms with Crippen LogP contribution < -0.4 is 5.32 Å². The van der Waals surface area contributed by atoms with Crippen molar-refractivity contribution < 1.29 is 4.79 Å². The molecule has 76 valence electrons. The van der Waals surface area contributed by atoms with Crippen LogP contribution in [0.3, 0.4) is 0 Å². The molecule has 15 heavy (non-hydrogen) atoms. The van der Waals surface area contributed by atoms with Crippen molar-refractivity contribution in [2.24, 2.45) is 0 Å². The zero-order chi connectivity index (χ0) is 10.7. The zero-order valence-corrected chi connectivity index (χ0v) is 8.32. The number of halogens is 1. The van der Waals surface area contributed by atoms with Crippen LogP contribution in [0.5, 0.6) is 0 Å². The summed E-state index contributed by atoms with van der Waals surface area (Å²) in [4.78, 5) is 15.4. The van der Waals surface area contributed by atoms with Crippen molar-refractivity contribution >= 4 is 23.2 Å². The SMILES string of the molecule is O=C(Nc1ccc(Cl)nc1)c1ccn[nH]1. The average Bonchev–Trinajstić information content (AvgIpc) is 2.74. The van der Waals surface area contributed by atoms with Crippen LogP contribution in [0.4, 0.5) is 5.69 Å². The first-order chi connectivity index (χ1) is 7.25. The Hall–Kier alpha value is -1.88. The molecule has 2 aromatic heterocycles. The molecule has 6 heteroatoms. The highest BCUT2D eigenvalue weighted by Crippen LogP contribution is 2.10. The Labute approximate surface area is 90.5 Å². The number of rotatable bonds is 2. The van der Waals surface area contributed by atoms with E-state index in [2.05, 4.69) is 20.5 Å². The lowest BCUT2D eigenvalue weighted by molar-refractivity contribution is 0.102. The highest BCUT2D eigenvalue weighted by Gasteiger charge is 2.06. The fraction of sp³-hybridized carbons (Fsp3) is 0. The Morgan fingerprint density at radius 3 is 2.87 bits per heavy atom. The standard InChI is InChI=1S/C9H7ClN4O/c10-8-2-1-6(5-11-8)13-9(15)7-3-4-12-14-7/h1-5H,(H,12,14)(H,13,15). The van der Waals surface area contributed by atoms with Crippen molar-refractivity contribution in [2.75, 3.05) is 5.32 Å². The Balaban J connectivity index is 2.09. The summed E-state index contributed by atoms with van der Waals surface area (Å²) in [6, 6.07) is 4.85. The van der Waals surface area contributed by atoms with Crippen molar-refractivity contribution in [1.82, 2.24) is 15.2 Å². The van der Waals surface area contributed by atoms with Gasteiger partial charge in [0.05, 0.1) is 11.9 Å². The van der Waals surface area contributed by atoms with Crippen LogP contribution in [0.25, 0.3) is 0 Å². The third kappa shape index (κ3) is 2.32. The van der Waals surface area contributed by atoms with Gasteiger partial charge < -0.3 is 5.32 Å². The van der Waals surface area contributed by atoms with Gasteiger partial charge in [0.1, 0.15) is 10.8 Å². The molecule has 0 radical (unpaired) electrons. The van der Waals surface area contributed by atoms with E-state index in [0.717, 1.165) is 0 Å². The molecule has 0 aliphatic carbocycles. The number of aromatic amines is 1. The van der Waals surface area contributed by atoms with Crippen LogP contribution >= 0.6 is 11.6 Å². The number of amides is 1. The molecule has 0 spiro atoms. The van der Waals surface area contributed by atoms with E-state index in [1.165, 1.54) is 12.4 Å². The summed E-state index contributed by atoms with van der Waals surface area (Å²) in [7, 11) is 0. The molecule has 0 fully saturated rings. The van der Waals surface area contributed by atoms with Crippen LogP contribution in [-0.2, 0) is 0 Å². The topological polar surface area (TPSA) is 70.7 Å². The predicted octanol–water partition coefficient (Wildman–Crippen LogP) is 1.71. The molecule has 0 aromatic carbocycles. The monoisotopic (exact) mass is 222 g/mol. The molecule has 2 N–H and O–H groups in total. The zero-order valence-electron chi connectivity index (χ0n) is 7.57. The summed E-state index contributed by atoms with van der Waals surface area (Å²) in [5.74, 6) is -0.267. The van der Waals surface area contributed by atoms with Gasteiger partial charge in [-0.15, -0.1) is 0 Å². The molecule has 2 rings (SSSR count). The van der Waals surface area contributed by atoms with Gasteiger partial charge in [-0.3, -0.25) is 9.89 Å². The number of carbonyl (C=O) groups excluding carboxylic acids is 1. The summed E-state index contributed by atoms with van der Waals surface area (Å²) in [5, 5.41) is 9.26. The second kappa shape index (κ2) is 4.10. The molecule has 0 bridgehead atoms. The van der Waals surface area contributed by atoms with Crippen LogP contribution in [0, 0.1) is 0 Å². The second-order valence-electron chi connectivity index (χ2n) is 2.79. The minimum Gasteiger partial charge on any atom is -0.319 e. The third-order valence-corrected chi connectivity index (χ3v) is 1.95. The van der Waals surface area contributed by atoms with Gasteiger partial charge in [-0.2, -0.15) is 5.10 Å². The lowest BCUT2D eigenvalue weighted by Gasteiger charge is -2.02. The fourth-order valence-electron chi connectivity index (χ4n) is 1.03. The molecule has 0 atom stereocenters. The Morgan fingerprint density at radius 2 is 2.27 bits per heavy atom. The number of H-pyrrole nitrogens is 1. The minimum absolute atomic E-state index is 0.267. The first kappa shape index (κ1) is 9.67. The molecule has 1 amide bonds. The van der Waals surface area contributed by atoms with Gasteiger partial charge in [-0.1, -0.05) is 11.6 Å². The predicted molar refractivity (Wildman–Crippen MR) is 55.8 cm³/mol. The van der Waals surface area contributed by atoms with Crippen molar-refractivity contribution in [3.63, 3.8) is 0 Å².